The van der Waals surface area contributed by atoms with Crippen LogP contribution in [0.15, 0.2) is 36.4 Å². The van der Waals surface area contributed by atoms with Crippen molar-refractivity contribution in [1.29, 1.82) is 0 Å². The molecule has 3 aliphatic heterocycles. The summed E-state index contributed by atoms with van der Waals surface area (Å²) in [6.07, 6.45) is -1.92. The van der Waals surface area contributed by atoms with Crippen molar-refractivity contribution in [3.63, 3.8) is 0 Å². The highest BCUT2D eigenvalue weighted by Crippen LogP contribution is 2.52. The number of hydrogen-bond donors (Lipinski definition) is 1. The van der Waals surface area contributed by atoms with Gasteiger partial charge in [0.2, 0.25) is 5.91 Å². The van der Waals surface area contributed by atoms with Gasteiger partial charge >= 0.3 is 12.1 Å². The summed E-state index contributed by atoms with van der Waals surface area (Å²) in [4.78, 5) is 25.4. The maximum atomic E-state index is 12.9. The Morgan fingerprint density at radius 3 is 2.79 bits per heavy atom. The lowest BCUT2D eigenvalue weighted by molar-refractivity contribution is -0.146. The van der Waals surface area contributed by atoms with E-state index >= 15 is 0 Å². The number of nitrogens with zero attached hydrogens (tertiary/aromatic N) is 1. The lowest BCUT2D eigenvalue weighted by Gasteiger charge is -2.22. The van der Waals surface area contributed by atoms with E-state index in [0.29, 0.717) is 0 Å². The average molecular weight is 339 g/mol. The molecule has 1 amide bonds. The minimum absolute atomic E-state index is 0.00852. The molecule has 4 rings (SSSR count). The average Bonchev–Trinajstić information content (AvgIpc) is 3.15. The van der Waals surface area contributed by atoms with Gasteiger partial charge in [-0.05, 0) is 18.2 Å². The van der Waals surface area contributed by atoms with Crippen LogP contribution in [-0.4, -0.2) is 35.2 Å². The minimum atomic E-state index is -4.52. The zero-order chi connectivity index (χ0) is 17.3. The van der Waals surface area contributed by atoms with Crippen LogP contribution in [0.1, 0.15) is 5.56 Å². The number of carboxylic acid groups (broad SMARTS) is 1. The molecule has 3 heterocycles. The lowest BCUT2D eigenvalue weighted by atomic mass is 9.77. The van der Waals surface area contributed by atoms with Gasteiger partial charge in [0.05, 0.1) is 24.1 Å². The standard InChI is InChI=1S/C16H12F3NO4/c17-16(18,19)8-2-1-3-9(6-8)20-7-15-5-4-10(24-15)11(14(22)23)12(15)13(20)21/h1-6,10-12H,7H2,(H,22,23)/t10-,11+,12-,15-/m0/s1. The van der Waals surface area contributed by atoms with E-state index in [1.807, 2.05) is 0 Å². The van der Waals surface area contributed by atoms with Crippen molar-refractivity contribution in [2.24, 2.45) is 11.8 Å². The fourth-order valence-electron chi connectivity index (χ4n) is 3.85. The third-order valence-electron chi connectivity index (χ3n) is 4.87. The molecule has 0 aliphatic carbocycles. The van der Waals surface area contributed by atoms with Crippen molar-refractivity contribution >= 4 is 17.6 Å². The Balaban J connectivity index is 1.72. The van der Waals surface area contributed by atoms with Crippen molar-refractivity contribution in [2.45, 2.75) is 17.9 Å². The number of alkyl halides is 3. The topological polar surface area (TPSA) is 66.8 Å². The first kappa shape index (κ1) is 15.2. The Labute approximate surface area is 134 Å². The summed E-state index contributed by atoms with van der Waals surface area (Å²) in [5, 5.41) is 9.37. The molecule has 0 aromatic heterocycles. The van der Waals surface area contributed by atoms with Crippen LogP contribution in [0.5, 0.6) is 0 Å². The molecule has 1 spiro atoms. The zero-order valence-electron chi connectivity index (χ0n) is 12.2. The molecule has 2 bridgehead atoms. The second-order valence-corrected chi connectivity index (χ2v) is 6.21. The van der Waals surface area contributed by atoms with E-state index in [-0.39, 0.29) is 12.2 Å². The Morgan fingerprint density at radius 1 is 1.38 bits per heavy atom. The third-order valence-corrected chi connectivity index (χ3v) is 4.87. The van der Waals surface area contributed by atoms with E-state index < -0.39 is 47.2 Å². The number of carbonyl (C=O) groups is 2. The van der Waals surface area contributed by atoms with Crippen LogP contribution in [0.4, 0.5) is 18.9 Å². The van der Waals surface area contributed by atoms with E-state index in [2.05, 4.69) is 0 Å². The van der Waals surface area contributed by atoms with E-state index in [9.17, 15) is 27.9 Å². The fourth-order valence-corrected chi connectivity index (χ4v) is 3.85. The molecule has 2 saturated heterocycles. The van der Waals surface area contributed by atoms with Crippen LogP contribution >= 0.6 is 0 Å². The number of benzene rings is 1. The number of ether oxygens (including phenoxy) is 1. The predicted octanol–water partition coefficient (Wildman–Crippen LogP) is 2.08. The normalized spacial score (nSPS) is 34.0. The summed E-state index contributed by atoms with van der Waals surface area (Å²) >= 11 is 0. The van der Waals surface area contributed by atoms with Gasteiger partial charge in [-0.25, -0.2) is 0 Å². The fraction of sp³-hybridized carbons (Fsp3) is 0.375. The molecule has 8 heteroatoms. The van der Waals surface area contributed by atoms with E-state index in [1.165, 1.54) is 17.0 Å². The summed E-state index contributed by atoms with van der Waals surface area (Å²) < 4.78 is 44.3. The van der Waals surface area contributed by atoms with E-state index in [4.69, 9.17) is 4.74 Å². The number of amides is 1. The highest BCUT2D eigenvalue weighted by atomic mass is 19.4. The van der Waals surface area contributed by atoms with Gasteiger partial charge < -0.3 is 14.7 Å². The van der Waals surface area contributed by atoms with Crippen molar-refractivity contribution in [1.82, 2.24) is 0 Å². The van der Waals surface area contributed by atoms with Gasteiger partial charge in [-0.1, -0.05) is 18.2 Å². The Kier molecular flexibility index (Phi) is 2.91. The van der Waals surface area contributed by atoms with E-state index in [0.717, 1.165) is 12.1 Å². The molecule has 24 heavy (non-hydrogen) atoms. The van der Waals surface area contributed by atoms with Crippen LogP contribution < -0.4 is 4.90 Å². The van der Waals surface area contributed by atoms with Crippen LogP contribution in [0.3, 0.4) is 0 Å². The molecular formula is C16H12F3NO4. The molecule has 0 radical (unpaired) electrons. The largest absolute Gasteiger partial charge is 0.481 e. The summed E-state index contributed by atoms with van der Waals surface area (Å²) in [5.41, 5.74) is -1.85. The van der Waals surface area contributed by atoms with Gasteiger partial charge in [0.15, 0.2) is 0 Å². The number of halogens is 3. The number of rotatable bonds is 2. The Hall–Kier alpha value is -2.35. The quantitative estimate of drug-likeness (QED) is 0.838. The highest BCUT2D eigenvalue weighted by Gasteiger charge is 2.67. The first-order chi connectivity index (χ1) is 11.2. The van der Waals surface area contributed by atoms with Crippen molar-refractivity contribution in [3.05, 3.63) is 42.0 Å². The molecule has 1 N–H and O–H groups in total. The SMILES string of the molecule is O=C(O)[C@@H]1[C@@H]2C=C[C@@]3(CN(c4cccc(C(F)(F)F)c4)C(=O)[C@H]13)O2. The molecule has 0 unspecified atom stereocenters. The summed E-state index contributed by atoms with van der Waals surface area (Å²) in [6, 6.07) is 4.43. The highest BCUT2D eigenvalue weighted by molar-refractivity contribution is 6.02. The molecule has 3 aliphatic rings. The molecular weight excluding hydrogens is 327 g/mol. The Bertz CT molecular complexity index is 775. The van der Waals surface area contributed by atoms with E-state index in [1.54, 1.807) is 12.2 Å². The van der Waals surface area contributed by atoms with Gasteiger partial charge in [-0.2, -0.15) is 13.2 Å². The molecule has 126 valence electrons. The van der Waals surface area contributed by atoms with Gasteiger partial charge in [0, 0.05) is 5.69 Å². The zero-order valence-corrected chi connectivity index (χ0v) is 12.2. The second-order valence-electron chi connectivity index (χ2n) is 6.21. The number of hydrogen-bond acceptors (Lipinski definition) is 3. The van der Waals surface area contributed by atoms with Gasteiger partial charge in [-0.3, -0.25) is 9.59 Å². The van der Waals surface area contributed by atoms with Crippen molar-refractivity contribution < 1.29 is 32.6 Å². The van der Waals surface area contributed by atoms with Crippen molar-refractivity contribution in [2.75, 3.05) is 11.4 Å². The molecule has 5 nitrogen and oxygen atoms in total. The number of carboxylic acids is 1. The summed E-state index contributed by atoms with van der Waals surface area (Å²) in [6.45, 7) is 0.00852. The molecule has 0 saturated carbocycles. The third kappa shape index (κ3) is 1.92. The van der Waals surface area contributed by atoms with Crippen molar-refractivity contribution in [3.8, 4) is 0 Å². The molecule has 1 aromatic carbocycles. The maximum Gasteiger partial charge on any atom is 0.416 e. The van der Waals surface area contributed by atoms with Crippen LogP contribution in [-0.2, 0) is 20.5 Å². The predicted molar refractivity (Wildman–Crippen MR) is 75.2 cm³/mol. The number of carbonyl (C=O) groups excluding carboxylic acids is 1. The van der Waals surface area contributed by atoms with Crippen LogP contribution in [0.25, 0.3) is 0 Å². The summed E-state index contributed by atoms with van der Waals surface area (Å²) in [5.74, 6) is -3.60. The molecule has 4 atom stereocenters. The van der Waals surface area contributed by atoms with Gasteiger partial charge in [-0.15, -0.1) is 0 Å². The summed E-state index contributed by atoms with van der Waals surface area (Å²) in [7, 11) is 0. The molecule has 2 fully saturated rings. The first-order valence-corrected chi connectivity index (χ1v) is 7.32. The smallest absolute Gasteiger partial charge is 0.416 e. The maximum absolute atomic E-state index is 12.9. The number of anilines is 1. The van der Waals surface area contributed by atoms with Crippen LogP contribution in [0.2, 0.25) is 0 Å². The number of fused-ring (bicyclic) bond motifs is 1. The van der Waals surface area contributed by atoms with Gasteiger partial charge in [0.1, 0.15) is 11.5 Å². The second kappa shape index (κ2) is 4.60. The molecule has 1 aromatic rings. The Morgan fingerprint density at radius 2 is 2.12 bits per heavy atom. The number of aliphatic carboxylic acids is 1. The first-order valence-electron chi connectivity index (χ1n) is 7.32. The monoisotopic (exact) mass is 339 g/mol. The van der Waals surface area contributed by atoms with Crippen LogP contribution in [0, 0.1) is 11.8 Å². The minimum Gasteiger partial charge on any atom is -0.481 e. The lowest BCUT2D eigenvalue weighted by Crippen LogP contribution is -2.39. The van der Waals surface area contributed by atoms with Gasteiger partial charge in [0.25, 0.3) is 0 Å².